The molecule has 0 bridgehead atoms. The van der Waals surface area contributed by atoms with Crippen LogP contribution in [-0.4, -0.2) is 19.0 Å². The maximum atomic E-state index is 12.3. The fraction of sp³-hybridized carbons (Fsp3) is 0.500. The standard InChI is InChI=1S/C14H19BrN2O/c1-10(11-3-5-12(15)6-4-11)17-13(18)14(2)7-8-16-9-14/h3-6,10,16H,7-9H2,1-2H3,(H,17,18)/t10-,14?/m0/s1. The van der Waals surface area contributed by atoms with Gasteiger partial charge in [0.05, 0.1) is 11.5 Å². The molecule has 3 nitrogen and oxygen atoms in total. The van der Waals surface area contributed by atoms with E-state index in [0.29, 0.717) is 0 Å². The molecule has 1 unspecified atom stereocenters. The average Bonchev–Trinajstić information content (AvgIpc) is 2.78. The van der Waals surface area contributed by atoms with E-state index in [1.165, 1.54) is 0 Å². The van der Waals surface area contributed by atoms with E-state index in [4.69, 9.17) is 0 Å². The van der Waals surface area contributed by atoms with Crippen molar-refractivity contribution in [1.82, 2.24) is 10.6 Å². The Morgan fingerprint density at radius 2 is 2.11 bits per heavy atom. The van der Waals surface area contributed by atoms with Crippen molar-refractivity contribution in [2.24, 2.45) is 5.41 Å². The molecule has 1 fully saturated rings. The molecule has 1 aromatic rings. The zero-order chi connectivity index (χ0) is 13.2. The monoisotopic (exact) mass is 310 g/mol. The third kappa shape index (κ3) is 2.93. The van der Waals surface area contributed by atoms with Crippen LogP contribution >= 0.6 is 15.9 Å². The fourth-order valence-corrected chi connectivity index (χ4v) is 2.48. The first-order chi connectivity index (χ1) is 8.51. The lowest BCUT2D eigenvalue weighted by Crippen LogP contribution is -2.41. The summed E-state index contributed by atoms with van der Waals surface area (Å²) in [6.45, 7) is 5.74. The fourth-order valence-electron chi connectivity index (χ4n) is 2.22. The van der Waals surface area contributed by atoms with Crippen molar-refractivity contribution in [3.63, 3.8) is 0 Å². The van der Waals surface area contributed by atoms with Crippen molar-refractivity contribution in [3.05, 3.63) is 34.3 Å². The van der Waals surface area contributed by atoms with Gasteiger partial charge in [0.15, 0.2) is 0 Å². The summed E-state index contributed by atoms with van der Waals surface area (Å²) >= 11 is 3.41. The minimum Gasteiger partial charge on any atom is -0.349 e. The molecular formula is C14H19BrN2O. The number of hydrogen-bond acceptors (Lipinski definition) is 2. The molecule has 1 heterocycles. The summed E-state index contributed by atoms with van der Waals surface area (Å²) in [5.74, 6) is 0.142. The van der Waals surface area contributed by atoms with E-state index in [2.05, 4.69) is 26.6 Å². The van der Waals surface area contributed by atoms with Gasteiger partial charge in [0.2, 0.25) is 5.91 Å². The van der Waals surface area contributed by atoms with Crippen molar-refractivity contribution >= 4 is 21.8 Å². The molecule has 0 saturated carbocycles. The Morgan fingerprint density at radius 1 is 1.44 bits per heavy atom. The predicted octanol–water partition coefficient (Wildman–Crippen LogP) is 2.63. The number of carbonyl (C=O) groups is 1. The van der Waals surface area contributed by atoms with Gasteiger partial charge in [0, 0.05) is 11.0 Å². The van der Waals surface area contributed by atoms with Crippen molar-refractivity contribution in [2.45, 2.75) is 26.3 Å². The Hall–Kier alpha value is -0.870. The van der Waals surface area contributed by atoms with Gasteiger partial charge in [-0.25, -0.2) is 0 Å². The highest BCUT2D eigenvalue weighted by molar-refractivity contribution is 9.10. The number of carbonyl (C=O) groups excluding carboxylic acids is 1. The summed E-state index contributed by atoms with van der Waals surface area (Å²) in [7, 11) is 0. The molecule has 98 valence electrons. The third-order valence-corrected chi connectivity index (χ3v) is 4.16. The number of nitrogens with one attached hydrogen (secondary N) is 2. The smallest absolute Gasteiger partial charge is 0.227 e. The van der Waals surface area contributed by atoms with Crippen molar-refractivity contribution in [3.8, 4) is 0 Å². The lowest BCUT2D eigenvalue weighted by Gasteiger charge is -2.24. The molecule has 0 aliphatic carbocycles. The van der Waals surface area contributed by atoms with Gasteiger partial charge in [0.25, 0.3) is 0 Å². The second-order valence-corrected chi connectivity index (χ2v) is 6.15. The molecule has 0 spiro atoms. The highest BCUT2D eigenvalue weighted by atomic mass is 79.9. The van der Waals surface area contributed by atoms with E-state index in [0.717, 1.165) is 29.5 Å². The first-order valence-electron chi connectivity index (χ1n) is 6.28. The first kappa shape index (κ1) is 13.6. The molecule has 1 aromatic carbocycles. The zero-order valence-electron chi connectivity index (χ0n) is 10.8. The number of halogens is 1. The van der Waals surface area contributed by atoms with Crippen molar-refractivity contribution in [1.29, 1.82) is 0 Å². The van der Waals surface area contributed by atoms with Crippen LogP contribution in [0.1, 0.15) is 31.9 Å². The van der Waals surface area contributed by atoms with Gasteiger partial charge in [0.1, 0.15) is 0 Å². The van der Waals surface area contributed by atoms with Gasteiger partial charge in [-0.3, -0.25) is 4.79 Å². The summed E-state index contributed by atoms with van der Waals surface area (Å²) < 4.78 is 1.05. The Morgan fingerprint density at radius 3 is 2.67 bits per heavy atom. The molecular weight excluding hydrogens is 292 g/mol. The summed E-state index contributed by atoms with van der Waals surface area (Å²) in [5, 5.41) is 6.35. The average molecular weight is 311 g/mol. The highest BCUT2D eigenvalue weighted by Gasteiger charge is 2.36. The number of rotatable bonds is 3. The van der Waals surface area contributed by atoms with E-state index >= 15 is 0 Å². The molecule has 2 atom stereocenters. The van der Waals surface area contributed by atoms with Crippen LogP contribution < -0.4 is 10.6 Å². The molecule has 1 amide bonds. The molecule has 1 aliphatic heterocycles. The van der Waals surface area contributed by atoms with Gasteiger partial charge >= 0.3 is 0 Å². The van der Waals surface area contributed by atoms with Gasteiger partial charge in [-0.2, -0.15) is 0 Å². The lowest BCUT2D eigenvalue weighted by atomic mass is 9.88. The predicted molar refractivity (Wildman–Crippen MR) is 76.3 cm³/mol. The largest absolute Gasteiger partial charge is 0.349 e. The van der Waals surface area contributed by atoms with Crippen LogP contribution in [0.15, 0.2) is 28.7 Å². The van der Waals surface area contributed by atoms with Gasteiger partial charge in [-0.1, -0.05) is 28.1 Å². The SMILES string of the molecule is C[C@H](NC(=O)C1(C)CCNC1)c1ccc(Br)cc1. The summed E-state index contributed by atoms with van der Waals surface area (Å²) in [6, 6.07) is 8.10. The molecule has 0 radical (unpaired) electrons. The number of hydrogen-bond donors (Lipinski definition) is 2. The van der Waals surface area contributed by atoms with Crippen LogP contribution in [-0.2, 0) is 4.79 Å². The van der Waals surface area contributed by atoms with Crippen LogP contribution in [0.3, 0.4) is 0 Å². The Kier molecular flexibility index (Phi) is 4.07. The molecule has 1 aliphatic rings. The van der Waals surface area contributed by atoms with Crippen molar-refractivity contribution < 1.29 is 4.79 Å². The van der Waals surface area contributed by atoms with E-state index in [9.17, 15) is 4.79 Å². The highest BCUT2D eigenvalue weighted by Crippen LogP contribution is 2.26. The van der Waals surface area contributed by atoms with Crippen LogP contribution in [0.25, 0.3) is 0 Å². The quantitative estimate of drug-likeness (QED) is 0.901. The molecule has 2 N–H and O–H groups in total. The summed E-state index contributed by atoms with van der Waals surface area (Å²) in [5.41, 5.74) is 0.866. The molecule has 18 heavy (non-hydrogen) atoms. The Labute approximate surface area is 116 Å². The van der Waals surface area contributed by atoms with Gasteiger partial charge in [-0.15, -0.1) is 0 Å². The minimum absolute atomic E-state index is 0.0445. The maximum absolute atomic E-state index is 12.3. The first-order valence-corrected chi connectivity index (χ1v) is 7.08. The van der Waals surface area contributed by atoms with E-state index < -0.39 is 0 Å². The lowest BCUT2D eigenvalue weighted by molar-refractivity contribution is -0.129. The maximum Gasteiger partial charge on any atom is 0.227 e. The number of amides is 1. The molecule has 0 aromatic heterocycles. The van der Waals surface area contributed by atoms with Crippen molar-refractivity contribution in [2.75, 3.05) is 13.1 Å². The summed E-state index contributed by atoms with van der Waals surface area (Å²) in [4.78, 5) is 12.3. The Balaban J connectivity index is 2.00. The molecule has 4 heteroatoms. The van der Waals surface area contributed by atoms with Crippen LogP contribution in [0.4, 0.5) is 0 Å². The number of benzene rings is 1. The van der Waals surface area contributed by atoms with Gasteiger partial charge in [-0.05, 0) is 44.5 Å². The minimum atomic E-state index is -0.260. The molecule has 1 saturated heterocycles. The van der Waals surface area contributed by atoms with Gasteiger partial charge < -0.3 is 10.6 Å². The third-order valence-electron chi connectivity index (χ3n) is 3.63. The van der Waals surface area contributed by atoms with Crippen LogP contribution in [0.2, 0.25) is 0 Å². The second kappa shape index (κ2) is 5.41. The van der Waals surface area contributed by atoms with E-state index in [1.54, 1.807) is 0 Å². The topological polar surface area (TPSA) is 41.1 Å². The molecule has 2 rings (SSSR count). The van der Waals surface area contributed by atoms with Crippen LogP contribution in [0.5, 0.6) is 0 Å². The summed E-state index contributed by atoms with van der Waals surface area (Å²) in [6.07, 6.45) is 0.909. The normalized spacial score (nSPS) is 24.8. The second-order valence-electron chi connectivity index (χ2n) is 5.23. The van der Waals surface area contributed by atoms with E-state index in [1.807, 2.05) is 38.1 Å². The zero-order valence-corrected chi connectivity index (χ0v) is 12.4. The van der Waals surface area contributed by atoms with Crippen LogP contribution in [0, 0.1) is 5.41 Å². The van der Waals surface area contributed by atoms with E-state index in [-0.39, 0.29) is 17.4 Å². The Bertz CT molecular complexity index is 424.